The van der Waals surface area contributed by atoms with Crippen LogP contribution in [0.2, 0.25) is 0 Å². The van der Waals surface area contributed by atoms with E-state index in [1.54, 1.807) is 9.13 Å². The Morgan fingerprint density at radius 3 is 1.14 bits per heavy atom. The molecule has 119 heavy (non-hydrogen) atoms. The summed E-state index contributed by atoms with van der Waals surface area (Å²) in [6.45, 7) is 26.2. The van der Waals surface area contributed by atoms with Gasteiger partial charge in [-0.1, -0.05) is 332 Å². The number of para-hydroxylation sites is 7. The highest BCUT2D eigenvalue weighted by Gasteiger charge is 2.46. The highest BCUT2D eigenvalue weighted by atomic mass is 15.2. The first-order valence-corrected chi connectivity index (χ1v) is 41.1. The lowest BCUT2D eigenvalue weighted by atomic mass is 9.33. The fraction of sp³-hybridized carbons (Fsp3) is 0.150. The van der Waals surface area contributed by atoms with Gasteiger partial charge in [-0.3, -0.25) is 0 Å². The molecule has 0 atom stereocenters. The molecule has 0 fully saturated rings. The fourth-order valence-electron chi connectivity index (χ4n) is 19.2. The minimum absolute atomic E-state index is 0.0523. The monoisotopic (exact) mass is 1550 g/mol. The molecule has 16 aromatic carbocycles. The highest BCUT2D eigenvalue weighted by Crippen LogP contribution is 2.56. The summed E-state index contributed by atoms with van der Waals surface area (Å²) in [5.41, 5.74) is 24.2. The maximum atomic E-state index is 10.1. The number of fused-ring (bicyclic) bond motifs is 16. The Labute approximate surface area is 720 Å². The number of hydrogen-bond donors (Lipinski definition) is 0. The van der Waals surface area contributed by atoms with Crippen LogP contribution in [0.25, 0.3) is 127 Å². The zero-order valence-corrected chi connectivity index (χ0v) is 68.6. The van der Waals surface area contributed by atoms with Crippen LogP contribution < -0.4 is 26.2 Å². The van der Waals surface area contributed by atoms with Crippen LogP contribution >= 0.6 is 0 Å². The van der Waals surface area contributed by atoms with Gasteiger partial charge in [0.25, 0.3) is 6.71 Å². The lowest BCUT2D eigenvalue weighted by Gasteiger charge is -2.45. The molecule has 2 aliphatic heterocycles. The molecule has 574 valence electrons. The molecule has 3 aromatic heterocycles. The lowest BCUT2D eigenvalue weighted by molar-refractivity contribution is 0.569. The van der Waals surface area contributed by atoms with Crippen molar-refractivity contribution in [3.8, 4) is 61.6 Å². The zero-order chi connectivity index (χ0) is 94.8. The molecule has 0 unspecified atom stereocenters. The molecule has 0 spiro atoms. The van der Waals surface area contributed by atoms with Crippen molar-refractivity contribution in [3.63, 3.8) is 0 Å². The lowest BCUT2D eigenvalue weighted by Crippen LogP contribution is -2.61. The molecule has 0 bridgehead atoms. The third-order valence-corrected chi connectivity index (χ3v) is 25.1. The van der Waals surface area contributed by atoms with Gasteiger partial charge < -0.3 is 23.5 Å². The molecule has 6 heteroatoms. The van der Waals surface area contributed by atoms with Crippen molar-refractivity contribution in [2.75, 3.05) is 9.80 Å². The van der Waals surface area contributed by atoms with E-state index in [2.05, 4.69) is 267 Å². The van der Waals surface area contributed by atoms with Crippen molar-refractivity contribution in [1.82, 2.24) is 13.7 Å². The SMILES string of the molecule is [2H]c1c([2H])c([2H])c2c(c1[2H])c1c([2H])c([2H])c([2H])c([2H])c1n2-c1ccc2c(c1)N(c1cc(-c3ccccc3)cc(-c3ccccc3)c1)c1cc(-c3cc(C(C)(C)C)cc(C(C)(C)C)c3)cc3c1B2c1ccc(-n2c4c([2H])c([2H])c([2H])c([2H])c4c4c([2H])c([2H])c([2H])c([2H])c42)cc1N3c1cccc2c3cccc(C4c5ccc(C(C)(C)C)cc5-c5cc(C(C)(C)C)ccc54)c3n(-c3ccccc3)c12. The van der Waals surface area contributed by atoms with Gasteiger partial charge in [-0.15, -0.1) is 0 Å². The molecule has 22 rings (SSSR count). The van der Waals surface area contributed by atoms with E-state index < -0.39 is 103 Å². The van der Waals surface area contributed by atoms with E-state index in [-0.39, 0.29) is 71.2 Å². The molecule has 1 aliphatic carbocycles. The second-order valence-electron chi connectivity index (χ2n) is 36.5. The van der Waals surface area contributed by atoms with Crippen LogP contribution in [-0.4, -0.2) is 20.4 Å². The van der Waals surface area contributed by atoms with Crippen molar-refractivity contribution in [2.24, 2.45) is 0 Å². The van der Waals surface area contributed by atoms with Crippen LogP contribution in [0.1, 0.15) is 150 Å². The molecular weight excluding hydrogens is 1440 g/mol. The number of benzene rings is 16. The Morgan fingerprint density at radius 2 is 0.672 bits per heavy atom. The Balaban J connectivity index is 0.937. The van der Waals surface area contributed by atoms with Crippen LogP contribution in [0, 0.1) is 0 Å². The largest absolute Gasteiger partial charge is 0.311 e. The Bertz CT molecular complexity index is 8130. The first-order chi connectivity index (χ1) is 64.2. The number of anilines is 6. The van der Waals surface area contributed by atoms with Gasteiger partial charge in [0, 0.05) is 83.7 Å². The molecule has 0 saturated carbocycles. The quantitative estimate of drug-likeness (QED) is 0.134. The second kappa shape index (κ2) is 26.6. The molecule has 0 amide bonds. The van der Waals surface area contributed by atoms with Gasteiger partial charge in [0.2, 0.25) is 0 Å². The van der Waals surface area contributed by atoms with E-state index in [0.717, 1.165) is 111 Å². The van der Waals surface area contributed by atoms with Crippen molar-refractivity contribution in [1.29, 1.82) is 0 Å². The minimum Gasteiger partial charge on any atom is -0.311 e. The number of nitrogens with zero attached hydrogens (tertiary/aromatic N) is 5. The Hall–Kier alpha value is -13.4. The first-order valence-electron chi connectivity index (χ1n) is 49.1. The highest BCUT2D eigenvalue weighted by molar-refractivity contribution is 7.00. The van der Waals surface area contributed by atoms with E-state index in [0.29, 0.717) is 28.4 Å². The molecule has 19 aromatic rings. The van der Waals surface area contributed by atoms with Gasteiger partial charge >= 0.3 is 0 Å². The standard InChI is InChI=1S/C113H94BN5/c1-110(2,3)76-50-54-88-93(66-76)94-67-77(111(4,5)6)51-55-89(94)106(88)92-44-30-42-90-91-43-31-49-101(109(91)118(108(90)92)80-36-20-15-21-37-80)119-103-69-82(116-99-47-28-24-40-86(99)87-41-25-29-48-100(87)116)53-57-96(103)114-95-56-52-81(115-97-45-26-22-38-84(97)85-39-23-27-46-98(85)115)68-102(95)117(83-61-72(70-32-16-13-17-33-70)58-73(62-83)71-34-18-14-19-35-71)104-63-75(64-105(119)107(104)114)74-59-78(112(7,8)9)65-79(60-74)113(10,11)12/h13-69,106H,1-12H3/i22D,23D,24D,25D,26D,27D,28D,29D,38D,39D,40D,41D,45D,46D,47D,48D. The van der Waals surface area contributed by atoms with Gasteiger partial charge in [0.15, 0.2) is 0 Å². The molecule has 0 N–H and O–H groups in total. The summed E-state index contributed by atoms with van der Waals surface area (Å²) < 4.78 is 159. The van der Waals surface area contributed by atoms with Gasteiger partial charge in [-0.05, 0) is 218 Å². The third-order valence-electron chi connectivity index (χ3n) is 25.1. The van der Waals surface area contributed by atoms with Crippen molar-refractivity contribution in [3.05, 3.63) is 384 Å². The van der Waals surface area contributed by atoms with Crippen molar-refractivity contribution in [2.45, 2.75) is 111 Å². The summed E-state index contributed by atoms with van der Waals surface area (Å²) in [6.07, 6.45) is 0. The smallest absolute Gasteiger partial charge is 0.252 e. The predicted octanol–water partition coefficient (Wildman–Crippen LogP) is 28.4. The van der Waals surface area contributed by atoms with Gasteiger partial charge in [0.1, 0.15) is 0 Å². The summed E-state index contributed by atoms with van der Waals surface area (Å²) in [5, 5.41) is 1.61. The van der Waals surface area contributed by atoms with E-state index in [4.69, 9.17) is 0 Å². The molecule has 0 radical (unpaired) electrons. The summed E-state index contributed by atoms with van der Waals surface area (Å²) in [4.78, 5) is 4.65. The topological polar surface area (TPSA) is 21.3 Å². The normalized spacial score (nSPS) is 15.3. The molecular formula is C113H94BN5. The summed E-state index contributed by atoms with van der Waals surface area (Å²) in [7, 11) is 0. The van der Waals surface area contributed by atoms with Gasteiger partial charge in [-0.2, -0.15) is 0 Å². The van der Waals surface area contributed by atoms with E-state index >= 15 is 0 Å². The van der Waals surface area contributed by atoms with Crippen LogP contribution in [-0.2, 0) is 21.7 Å². The van der Waals surface area contributed by atoms with Crippen LogP contribution in [0.3, 0.4) is 0 Å². The molecule has 3 aliphatic rings. The number of hydrogen-bond acceptors (Lipinski definition) is 2. The van der Waals surface area contributed by atoms with Crippen molar-refractivity contribution >= 4 is 123 Å². The van der Waals surface area contributed by atoms with Crippen LogP contribution in [0.4, 0.5) is 34.1 Å². The number of rotatable bonds is 9. The van der Waals surface area contributed by atoms with Crippen LogP contribution in [0.5, 0.6) is 0 Å². The molecule has 5 nitrogen and oxygen atoms in total. The van der Waals surface area contributed by atoms with E-state index in [9.17, 15) is 21.9 Å². The molecule has 0 saturated heterocycles. The summed E-state index contributed by atoms with van der Waals surface area (Å²) >= 11 is 0. The van der Waals surface area contributed by atoms with Crippen molar-refractivity contribution < 1.29 is 21.9 Å². The average Bonchev–Trinajstić information content (AvgIpc) is 1.67. The zero-order valence-electron chi connectivity index (χ0n) is 84.6. The summed E-state index contributed by atoms with van der Waals surface area (Å²) in [6, 6.07) is 80.0. The minimum atomic E-state index is -0.798. The van der Waals surface area contributed by atoms with E-state index in [1.807, 2.05) is 78.9 Å². The Morgan fingerprint density at radius 1 is 0.261 bits per heavy atom. The number of aromatic nitrogens is 3. The third kappa shape index (κ3) is 11.4. The van der Waals surface area contributed by atoms with Crippen LogP contribution in [0.15, 0.2) is 345 Å². The predicted molar refractivity (Wildman–Crippen MR) is 507 cm³/mol. The second-order valence-corrected chi connectivity index (χ2v) is 36.5. The fourth-order valence-corrected chi connectivity index (χ4v) is 19.2. The maximum absolute atomic E-state index is 10.1. The van der Waals surface area contributed by atoms with Gasteiger partial charge in [0.05, 0.1) is 60.7 Å². The average molecular weight is 1550 g/mol. The summed E-state index contributed by atoms with van der Waals surface area (Å²) in [5.74, 6) is -0.258. The maximum Gasteiger partial charge on any atom is 0.252 e. The first kappa shape index (κ1) is 56.8. The van der Waals surface area contributed by atoms with E-state index in [1.165, 1.54) is 33.4 Å². The van der Waals surface area contributed by atoms with Gasteiger partial charge in [-0.25, -0.2) is 0 Å². The Kier molecular flexibility index (Phi) is 12.7. The molecule has 5 heterocycles.